The number of likely N-dealkylation sites (tertiary alicyclic amines) is 1. The molecule has 0 radical (unpaired) electrons. The maximum Gasteiger partial charge on any atom is 0.410 e. The van der Waals surface area contributed by atoms with Crippen molar-refractivity contribution in [2.24, 2.45) is 0 Å². The highest BCUT2D eigenvalue weighted by Crippen LogP contribution is 2.19. The van der Waals surface area contributed by atoms with Crippen LogP contribution in [-0.2, 0) is 11.3 Å². The predicted octanol–water partition coefficient (Wildman–Crippen LogP) is 3.29. The van der Waals surface area contributed by atoms with Crippen molar-refractivity contribution in [2.75, 3.05) is 20.1 Å². The van der Waals surface area contributed by atoms with Crippen LogP contribution in [-0.4, -0.2) is 52.7 Å². The highest BCUT2D eigenvalue weighted by Gasteiger charge is 2.31. The molecule has 5 nitrogen and oxygen atoms in total. The summed E-state index contributed by atoms with van der Waals surface area (Å²) in [4.78, 5) is 20.4. The molecule has 1 fully saturated rings. The number of carbonyl (C=O) groups is 1. The van der Waals surface area contributed by atoms with Crippen molar-refractivity contribution in [3.05, 3.63) is 28.5 Å². The average molecular weight is 370 g/mol. The van der Waals surface area contributed by atoms with Gasteiger partial charge < -0.3 is 9.64 Å². The van der Waals surface area contributed by atoms with Gasteiger partial charge in [0.1, 0.15) is 10.2 Å². The zero-order valence-electron chi connectivity index (χ0n) is 13.7. The average Bonchev–Trinajstić information content (AvgIpc) is 2.89. The van der Waals surface area contributed by atoms with Gasteiger partial charge in [-0.15, -0.1) is 0 Å². The topological polar surface area (TPSA) is 45.7 Å². The Labute approximate surface area is 140 Å². The van der Waals surface area contributed by atoms with Crippen molar-refractivity contribution in [2.45, 2.75) is 45.4 Å². The molecular formula is C16H24BrN3O2. The molecule has 122 valence electrons. The quantitative estimate of drug-likeness (QED) is 0.766. The molecule has 1 saturated heterocycles. The standard InChI is InChI=1S/C16H24BrN3O2/c1-16(2,3)22-15(21)20-8-7-13(11-20)19(4)10-12-5-6-14(17)18-9-12/h5-6,9,13H,7-8,10-11H2,1-4H3/t13-/m0/s1. The number of pyridine rings is 1. The van der Waals surface area contributed by atoms with E-state index in [2.05, 4.69) is 38.9 Å². The number of carbonyl (C=O) groups excluding carboxylic acids is 1. The van der Waals surface area contributed by atoms with E-state index >= 15 is 0 Å². The lowest BCUT2D eigenvalue weighted by molar-refractivity contribution is 0.0282. The van der Waals surface area contributed by atoms with Gasteiger partial charge in [-0.1, -0.05) is 6.07 Å². The third-order valence-electron chi connectivity index (χ3n) is 3.66. The second kappa shape index (κ2) is 6.96. The first-order chi connectivity index (χ1) is 10.2. The van der Waals surface area contributed by atoms with Crippen molar-refractivity contribution in [3.63, 3.8) is 0 Å². The molecule has 2 heterocycles. The van der Waals surface area contributed by atoms with E-state index in [4.69, 9.17) is 4.74 Å². The first-order valence-corrected chi connectivity index (χ1v) is 8.32. The number of aromatic nitrogens is 1. The number of amides is 1. The first kappa shape index (κ1) is 17.2. The van der Waals surface area contributed by atoms with Crippen LogP contribution in [0.15, 0.2) is 22.9 Å². The summed E-state index contributed by atoms with van der Waals surface area (Å²) in [6.45, 7) is 7.98. The van der Waals surface area contributed by atoms with E-state index in [0.29, 0.717) is 6.04 Å². The third kappa shape index (κ3) is 4.95. The van der Waals surface area contributed by atoms with Gasteiger partial charge in [-0.05, 0) is 61.8 Å². The van der Waals surface area contributed by atoms with Crippen molar-refractivity contribution in [3.8, 4) is 0 Å². The third-order valence-corrected chi connectivity index (χ3v) is 4.13. The number of rotatable bonds is 3. The summed E-state index contributed by atoms with van der Waals surface area (Å²) in [6, 6.07) is 4.37. The Kier molecular flexibility index (Phi) is 5.45. The van der Waals surface area contributed by atoms with Gasteiger partial charge in [0.25, 0.3) is 0 Å². The minimum atomic E-state index is -0.440. The molecule has 0 spiro atoms. The molecule has 2 rings (SSSR count). The van der Waals surface area contributed by atoms with Crippen LogP contribution in [0.4, 0.5) is 4.79 Å². The lowest BCUT2D eigenvalue weighted by atomic mass is 10.2. The summed E-state index contributed by atoms with van der Waals surface area (Å²) in [6.07, 6.45) is 2.63. The van der Waals surface area contributed by atoms with Crippen LogP contribution in [0, 0.1) is 0 Å². The molecule has 1 amide bonds. The first-order valence-electron chi connectivity index (χ1n) is 7.53. The number of hydrogen-bond donors (Lipinski definition) is 0. The monoisotopic (exact) mass is 369 g/mol. The molecule has 1 aliphatic rings. The number of ether oxygens (including phenoxy) is 1. The molecule has 0 saturated carbocycles. The van der Waals surface area contributed by atoms with Gasteiger partial charge in [-0.2, -0.15) is 0 Å². The van der Waals surface area contributed by atoms with Crippen molar-refractivity contribution < 1.29 is 9.53 Å². The molecule has 1 aliphatic heterocycles. The van der Waals surface area contributed by atoms with E-state index < -0.39 is 5.60 Å². The summed E-state index contributed by atoms with van der Waals surface area (Å²) in [5.41, 5.74) is 0.728. The highest BCUT2D eigenvalue weighted by atomic mass is 79.9. The Morgan fingerprint density at radius 2 is 2.23 bits per heavy atom. The molecule has 22 heavy (non-hydrogen) atoms. The van der Waals surface area contributed by atoms with E-state index in [0.717, 1.165) is 30.7 Å². The summed E-state index contributed by atoms with van der Waals surface area (Å²) >= 11 is 3.34. The normalized spacial score (nSPS) is 18.8. The second-order valence-corrected chi connectivity index (χ2v) is 7.59. The largest absolute Gasteiger partial charge is 0.444 e. The number of nitrogens with zero attached hydrogens (tertiary/aromatic N) is 3. The fourth-order valence-electron chi connectivity index (χ4n) is 2.51. The molecule has 1 aromatic rings. The van der Waals surface area contributed by atoms with Gasteiger partial charge in [0.05, 0.1) is 0 Å². The Bertz CT molecular complexity index is 513. The van der Waals surface area contributed by atoms with Crippen LogP contribution >= 0.6 is 15.9 Å². The van der Waals surface area contributed by atoms with E-state index in [1.54, 1.807) is 4.90 Å². The van der Waals surface area contributed by atoms with Crippen LogP contribution in [0.3, 0.4) is 0 Å². The van der Waals surface area contributed by atoms with Crippen LogP contribution in [0.1, 0.15) is 32.8 Å². The number of likely N-dealkylation sites (N-methyl/N-ethyl adjacent to an activating group) is 1. The van der Waals surface area contributed by atoms with Gasteiger partial charge in [0.15, 0.2) is 0 Å². The Morgan fingerprint density at radius 1 is 1.50 bits per heavy atom. The molecule has 0 N–H and O–H groups in total. The van der Waals surface area contributed by atoms with Crippen LogP contribution in [0.5, 0.6) is 0 Å². The summed E-state index contributed by atoms with van der Waals surface area (Å²) < 4.78 is 6.28. The summed E-state index contributed by atoms with van der Waals surface area (Å²) in [7, 11) is 2.09. The molecular weight excluding hydrogens is 346 g/mol. The van der Waals surface area contributed by atoms with Crippen molar-refractivity contribution in [1.82, 2.24) is 14.8 Å². The van der Waals surface area contributed by atoms with Crippen molar-refractivity contribution in [1.29, 1.82) is 0 Å². The maximum atomic E-state index is 12.1. The molecule has 1 atom stereocenters. The van der Waals surface area contributed by atoms with Gasteiger partial charge in [-0.3, -0.25) is 4.90 Å². The van der Waals surface area contributed by atoms with Gasteiger partial charge in [0, 0.05) is 31.9 Å². The zero-order valence-corrected chi connectivity index (χ0v) is 15.3. The summed E-state index contributed by atoms with van der Waals surface area (Å²) in [5.74, 6) is 0. The lowest BCUT2D eigenvalue weighted by Crippen LogP contribution is -2.38. The Hall–Kier alpha value is -1.14. The molecule has 1 aromatic heterocycles. The van der Waals surface area contributed by atoms with Gasteiger partial charge in [0.2, 0.25) is 0 Å². The minimum absolute atomic E-state index is 0.214. The zero-order chi connectivity index (χ0) is 16.3. The molecule has 0 aromatic carbocycles. The summed E-state index contributed by atoms with van der Waals surface area (Å²) in [5, 5.41) is 0. The highest BCUT2D eigenvalue weighted by molar-refractivity contribution is 9.10. The van der Waals surface area contributed by atoms with Crippen LogP contribution < -0.4 is 0 Å². The molecule has 0 unspecified atom stereocenters. The molecule has 6 heteroatoms. The fourth-order valence-corrected chi connectivity index (χ4v) is 2.75. The Balaban J connectivity index is 1.87. The number of halogens is 1. The predicted molar refractivity (Wildman–Crippen MR) is 89.6 cm³/mol. The van der Waals surface area contributed by atoms with Crippen LogP contribution in [0.25, 0.3) is 0 Å². The van der Waals surface area contributed by atoms with E-state index in [1.165, 1.54) is 5.56 Å². The maximum absolute atomic E-state index is 12.1. The van der Waals surface area contributed by atoms with E-state index in [9.17, 15) is 4.79 Å². The SMILES string of the molecule is CN(Cc1ccc(Br)nc1)[C@H]1CCN(C(=O)OC(C)(C)C)C1. The molecule has 0 bridgehead atoms. The van der Waals surface area contributed by atoms with Crippen molar-refractivity contribution >= 4 is 22.0 Å². The minimum Gasteiger partial charge on any atom is -0.444 e. The Morgan fingerprint density at radius 3 is 2.82 bits per heavy atom. The second-order valence-electron chi connectivity index (χ2n) is 6.77. The number of hydrogen-bond acceptors (Lipinski definition) is 4. The lowest BCUT2D eigenvalue weighted by Gasteiger charge is -2.26. The molecule has 0 aliphatic carbocycles. The van der Waals surface area contributed by atoms with Crippen LogP contribution in [0.2, 0.25) is 0 Å². The van der Waals surface area contributed by atoms with Gasteiger partial charge in [-0.25, -0.2) is 9.78 Å². The van der Waals surface area contributed by atoms with Gasteiger partial charge >= 0.3 is 6.09 Å². The van der Waals surface area contributed by atoms with E-state index in [-0.39, 0.29) is 6.09 Å². The fraction of sp³-hybridized carbons (Fsp3) is 0.625. The smallest absolute Gasteiger partial charge is 0.410 e. The van der Waals surface area contributed by atoms with E-state index in [1.807, 2.05) is 33.0 Å².